The van der Waals surface area contributed by atoms with Gasteiger partial charge in [0.15, 0.2) is 5.75 Å². The predicted molar refractivity (Wildman–Crippen MR) is 98.1 cm³/mol. The molecular formula is C17H20Cl2N4O3. The lowest BCUT2D eigenvalue weighted by Gasteiger charge is -2.34. The van der Waals surface area contributed by atoms with Gasteiger partial charge in [0.25, 0.3) is 5.91 Å². The first-order valence-electron chi connectivity index (χ1n) is 8.32. The number of hydrogen-bond acceptors (Lipinski definition) is 6. The minimum absolute atomic E-state index is 0.165. The standard InChI is InChI=1S/C17H20Cl2N4O3/c1-11-20-21-14(26-11)5-6-22-7-9-23(10-8-22)17(24)15-12(18)3-4-13(19)16(15)25-2/h3-4H,5-10H2,1-2H3. The minimum atomic E-state index is -0.165. The average Bonchev–Trinajstić information content (AvgIpc) is 3.07. The highest BCUT2D eigenvalue weighted by Crippen LogP contribution is 2.34. The first kappa shape index (κ1) is 18.9. The number of benzene rings is 1. The van der Waals surface area contributed by atoms with E-state index < -0.39 is 0 Å². The summed E-state index contributed by atoms with van der Waals surface area (Å²) in [5.74, 6) is 1.36. The SMILES string of the molecule is COc1c(Cl)ccc(Cl)c1C(=O)N1CCN(CCc2nnc(C)o2)CC1. The molecule has 1 aromatic carbocycles. The van der Waals surface area contributed by atoms with E-state index in [2.05, 4.69) is 15.1 Å². The van der Waals surface area contributed by atoms with Crippen molar-refractivity contribution in [2.24, 2.45) is 0 Å². The number of halogens is 2. The Hall–Kier alpha value is -1.83. The molecule has 0 saturated carbocycles. The third-order valence-electron chi connectivity index (χ3n) is 4.35. The highest BCUT2D eigenvalue weighted by atomic mass is 35.5. The Balaban J connectivity index is 1.59. The molecule has 26 heavy (non-hydrogen) atoms. The summed E-state index contributed by atoms with van der Waals surface area (Å²) in [7, 11) is 1.48. The molecule has 1 fully saturated rings. The van der Waals surface area contributed by atoms with E-state index in [4.69, 9.17) is 32.4 Å². The quantitative estimate of drug-likeness (QED) is 0.770. The van der Waals surface area contributed by atoms with Crippen LogP contribution in [0.5, 0.6) is 5.75 Å². The monoisotopic (exact) mass is 398 g/mol. The van der Waals surface area contributed by atoms with Crippen LogP contribution in [0.1, 0.15) is 22.1 Å². The lowest BCUT2D eigenvalue weighted by Crippen LogP contribution is -2.49. The maximum absolute atomic E-state index is 12.9. The summed E-state index contributed by atoms with van der Waals surface area (Å²) < 4.78 is 10.7. The second-order valence-corrected chi connectivity index (χ2v) is 6.85. The van der Waals surface area contributed by atoms with Crippen molar-refractivity contribution in [2.75, 3.05) is 39.8 Å². The second-order valence-electron chi connectivity index (χ2n) is 6.04. The molecule has 1 aliphatic rings. The third-order valence-corrected chi connectivity index (χ3v) is 4.96. The van der Waals surface area contributed by atoms with Crippen LogP contribution >= 0.6 is 23.2 Å². The van der Waals surface area contributed by atoms with Crippen LogP contribution in [-0.2, 0) is 6.42 Å². The molecule has 1 aliphatic heterocycles. The number of carbonyl (C=O) groups is 1. The van der Waals surface area contributed by atoms with Crippen LogP contribution in [0.4, 0.5) is 0 Å². The molecule has 3 rings (SSSR count). The number of hydrogen-bond donors (Lipinski definition) is 0. The van der Waals surface area contributed by atoms with E-state index in [1.165, 1.54) is 7.11 Å². The first-order chi connectivity index (χ1) is 12.5. The van der Waals surface area contributed by atoms with Gasteiger partial charge in [0.05, 0.1) is 17.2 Å². The van der Waals surface area contributed by atoms with E-state index in [1.807, 2.05) is 0 Å². The van der Waals surface area contributed by atoms with E-state index in [0.717, 1.165) is 19.6 Å². The summed E-state index contributed by atoms with van der Waals surface area (Å²) in [5.41, 5.74) is 0.316. The summed E-state index contributed by atoms with van der Waals surface area (Å²) in [6.07, 6.45) is 0.697. The van der Waals surface area contributed by atoms with Crippen molar-refractivity contribution in [3.63, 3.8) is 0 Å². The van der Waals surface area contributed by atoms with Gasteiger partial charge in [-0.1, -0.05) is 23.2 Å². The molecule has 0 radical (unpaired) electrons. The number of aromatic nitrogens is 2. The summed E-state index contributed by atoms with van der Waals surface area (Å²) >= 11 is 12.3. The zero-order valence-corrected chi connectivity index (χ0v) is 16.2. The fraction of sp³-hybridized carbons (Fsp3) is 0.471. The Morgan fingerprint density at radius 3 is 2.50 bits per heavy atom. The van der Waals surface area contributed by atoms with Crippen molar-refractivity contribution in [2.45, 2.75) is 13.3 Å². The molecule has 0 unspecified atom stereocenters. The molecule has 0 aliphatic carbocycles. The summed E-state index contributed by atoms with van der Waals surface area (Å²) in [5, 5.41) is 8.54. The number of carbonyl (C=O) groups excluding carboxylic acids is 1. The van der Waals surface area contributed by atoms with E-state index in [0.29, 0.717) is 52.7 Å². The predicted octanol–water partition coefficient (Wildman–Crippen LogP) is 2.69. The van der Waals surface area contributed by atoms with E-state index in [9.17, 15) is 4.79 Å². The molecule has 2 heterocycles. The fourth-order valence-corrected chi connectivity index (χ4v) is 3.42. The largest absolute Gasteiger partial charge is 0.494 e. The van der Waals surface area contributed by atoms with Crippen LogP contribution in [0.25, 0.3) is 0 Å². The molecule has 9 heteroatoms. The van der Waals surface area contributed by atoms with Crippen LogP contribution < -0.4 is 4.74 Å². The number of aryl methyl sites for hydroxylation is 1. The molecule has 1 amide bonds. The third kappa shape index (κ3) is 4.11. The van der Waals surface area contributed by atoms with Gasteiger partial charge in [-0.15, -0.1) is 10.2 Å². The van der Waals surface area contributed by atoms with Gasteiger partial charge in [-0.2, -0.15) is 0 Å². The van der Waals surface area contributed by atoms with E-state index in [1.54, 1.807) is 24.0 Å². The number of rotatable bonds is 5. The van der Waals surface area contributed by atoms with Gasteiger partial charge in [0.2, 0.25) is 11.8 Å². The smallest absolute Gasteiger partial charge is 0.259 e. The molecule has 140 valence electrons. The molecule has 7 nitrogen and oxygen atoms in total. The summed E-state index contributed by atoms with van der Waals surface area (Å²) in [6.45, 7) is 5.32. The van der Waals surface area contributed by atoms with Gasteiger partial charge in [-0.05, 0) is 12.1 Å². The van der Waals surface area contributed by atoms with Gasteiger partial charge in [0.1, 0.15) is 5.56 Å². The maximum Gasteiger partial charge on any atom is 0.259 e. The normalized spacial score (nSPS) is 15.3. The Labute approximate surface area is 161 Å². The van der Waals surface area contributed by atoms with Crippen LogP contribution in [0.15, 0.2) is 16.5 Å². The Kier molecular flexibility index (Phi) is 6.01. The molecule has 0 bridgehead atoms. The van der Waals surface area contributed by atoms with Gasteiger partial charge < -0.3 is 14.1 Å². The average molecular weight is 399 g/mol. The van der Waals surface area contributed by atoms with Crippen LogP contribution in [-0.4, -0.2) is 65.7 Å². The number of ether oxygens (including phenoxy) is 1. The molecule has 0 N–H and O–H groups in total. The summed E-state index contributed by atoms with van der Waals surface area (Å²) in [4.78, 5) is 16.9. The van der Waals surface area contributed by atoms with E-state index in [-0.39, 0.29) is 5.91 Å². The Morgan fingerprint density at radius 2 is 1.88 bits per heavy atom. The highest BCUT2D eigenvalue weighted by Gasteiger charge is 2.27. The molecular weight excluding hydrogens is 379 g/mol. The summed E-state index contributed by atoms with van der Waals surface area (Å²) in [6, 6.07) is 3.24. The van der Waals surface area contributed by atoms with Crippen molar-refractivity contribution in [3.05, 3.63) is 39.5 Å². The van der Waals surface area contributed by atoms with Gasteiger partial charge in [-0.3, -0.25) is 9.69 Å². The lowest BCUT2D eigenvalue weighted by molar-refractivity contribution is 0.0633. The fourth-order valence-electron chi connectivity index (χ4n) is 2.96. The minimum Gasteiger partial charge on any atom is -0.494 e. The van der Waals surface area contributed by atoms with Crippen molar-refractivity contribution >= 4 is 29.1 Å². The van der Waals surface area contributed by atoms with Crippen LogP contribution in [0.3, 0.4) is 0 Å². The number of methoxy groups -OCH3 is 1. The van der Waals surface area contributed by atoms with Crippen LogP contribution in [0.2, 0.25) is 10.0 Å². The van der Waals surface area contributed by atoms with Crippen molar-refractivity contribution in [1.29, 1.82) is 0 Å². The maximum atomic E-state index is 12.9. The number of piperazine rings is 1. The second kappa shape index (κ2) is 8.24. The van der Waals surface area contributed by atoms with Crippen molar-refractivity contribution in [3.8, 4) is 5.75 Å². The zero-order valence-electron chi connectivity index (χ0n) is 14.7. The Bertz CT molecular complexity index is 788. The highest BCUT2D eigenvalue weighted by molar-refractivity contribution is 6.37. The topological polar surface area (TPSA) is 71.7 Å². The van der Waals surface area contributed by atoms with Crippen molar-refractivity contribution in [1.82, 2.24) is 20.0 Å². The number of nitrogens with zero attached hydrogens (tertiary/aromatic N) is 4. The zero-order chi connectivity index (χ0) is 18.7. The van der Waals surface area contributed by atoms with Gasteiger partial charge in [-0.25, -0.2) is 0 Å². The number of amides is 1. The first-order valence-corrected chi connectivity index (χ1v) is 9.07. The van der Waals surface area contributed by atoms with Crippen molar-refractivity contribution < 1.29 is 13.9 Å². The van der Waals surface area contributed by atoms with Gasteiger partial charge in [0, 0.05) is 46.1 Å². The lowest BCUT2D eigenvalue weighted by atomic mass is 10.1. The molecule has 1 saturated heterocycles. The molecule has 2 aromatic rings. The Morgan fingerprint density at radius 1 is 1.19 bits per heavy atom. The molecule has 0 atom stereocenters. The molecule has 0 spiro atoms. The molecule has 1 aromatic heterocycles. The van der Waals surface area contributed by atoms with E-state index >= 15 is 0 Å². The van der Waals surface area contributed by atoms with Crippen LogP contribution in [0, 0.1) is 6.92 Å². The van der Waals surface area contributed by atoms with Gasteiger partial charge >= 0.3 is 0 Å².